The molecule has 6 nitrogen and oxygen atoms in total. The molecule has 126 valence electrons. The molecule has 1 heterocycles. The van der Waals surface area contributed by atoms with E-state index >= 15 is 0 Å². The smallest absolute Gasteiger partial charge is 0.410 e. The monoisotopic (exact) mass is 321 g/mol. The highest BCUT2D eigenvalue weighted by Gasteiger charge is 2.28. The molecule has 23 heavy (non-hydrogen) atoms. The van der Waals surface area contributed by atoms with Gasteiger partial charge in [0.05, 0.1) is 5.56 Å². The molecule has 0 aliphatic carbocycles. The van der Waals surface area contributed by atoms with Gasteiger partial charge in [-0.25, -0.2) is 9.59 Å². The van der Waals surface area contributed by atoms with E-state index < -0.39 is 11.6 Å². The van der Waals surface area contributed by atoms with Crippen LogP contribution in [-0.4, -0.2) is 45.9 Å². The van der Waals surface area contributed by atoms with Crippen LogP contribution < -0.4 is 0 Å². The van der Waals surface area contributed by atoms with Crippen LogP contribution in [0.5, 0.6) is 5.75 Å². The van der Waals surface area contributed by atoms with E-state index in [1.54, 1.807) is 17.0 Å². The number of phenolic OH excluding ortho intramolecular Hbond substituents is 1. The van der Waals surface area contributed by atoms with Crippen molar-refractivity contribution < 1.29 is 24.5 Å². The number of benzene rings is 1. The first-order valence-electron chi connectivity index (χ1n) is 7.71. The Morgan fingerprint density at radius 3 is 2.30 bits per heavy atom. The first-order chi connectivity index (χ1) is 10.7. The van der Waals surface area contributed by atoms with Gasteiger partial charge >= 0.3 is 12.1 Å². The van der Waals surface area contributed by atoms with Crippen LogP contribution in [0.25, 0.3) is 0 Å². The van der Waals surface area contributed by atoms with Gasteiger partial charge in [-0.2, -0.15) is 0 Å². The third-order valence-corrected chi connectivity index (χ3v) is 3.81. The molecule has 1 aromatic carbocycles. The minimum Gasteiger partial charge on any atom is -0.508 e. The van der Waals surface area contributed by atoms with Gasteiger partial charge in [0, 0.05) is 13.1 Å². The third-order valence-electron chi connectivity index (χ3n) is 3.81. The number of phenols is 1. The Morgan fingerprint density at radius 2 is 1.78 bits per heavy atom. The van der Waals surface area contributed by atoms with E-state index in [0.29, 0.717) is 25.9 Å². The summed E-state index contributed by atoms with van der Waals surface area (Å²) in [6, 6.07) is 4.43. The van der Waals surface area contributed by atoms with Crippen LogP contribution >= 0.6 is 0 Å². The van der Waals surface area contributed by atoms with Crippen LogP contribution in [0.4, 0.5) is 4.79 Å². The fourth-order valence-corrected chi connectivity index (χ4v) is 2.72. The number of amides is 1. The van der Waals surface area contributed by atoms with Gasteiger partial charge in [-0.05, 0) is 63.3 Å². The Kier molecular flexibility index (Phi) is 4.82. The number of rotatable bonds is 2. The minimum absolute atomic E-state index is 0.0468. The quantitative estimate of drug-likeness (QED) is 0.873. The van der Waals surface area contributed by atoms with E-state index in [0.717, 1.165) is 5.56 Å². The fourth-order valence-electron chi connectivity index (χ4n) is 2.72. The second-order valence-corrected chi connectivity index (χ2v) is 6.86. The Bertz CT molecular complexity index is 597. The number of ether oxygens (including phenoxy) is 1. The first-order valence-corrected chi connectivity index (χ1v) is 7.71. The SMILES string of the molecule is CC(C)(C)OC(=O)N1CCC(c2cc(O)cc(C(=O)O)c2)CC1. The molecule has 0 radical (unpaired) electrons. The minimum atomic E-state index is -1.06. The van der Waals surface area contributed by atoms with Crippen molar-refractivity contribution in [3.05, 3.63) is 29.3 Å². The van der Waals surface area contributed by atoms with Crippen LogP contribution in [0.15, 0.2) is 18.2 Å². The molecule has 2 N–H and O–H groups in total. The number of carbonyl (C=O) groups excluding carboxylic acids is 1. The van der Waals surface area contributed by atoms with Crippen molar-refractivity contribution >= 4 is 12.1 Å². The van der Waals surface area contributed by atoms with Gasteiger partial charge in [-0.15, -0.1) is 0 Å². The maximum atomic E-state index is 12.0. The van der Waals surface area contributed by atoms with Crippen molar-refractivity contribution in [1.29, 1.82) is 0 Å². The molecule has 1 fully saturated rings. The second-order valence-electron chi connectivity index (χ2n) is 6.86. The topological polar surface area (TPSA) is 87.1 Å². The number of hydrogen-bond donors (Lipinski definition) is 2. The van der Waals surface area contributed by atoms with Gasteiger partial charge in [-0.1, -0.05) is 0 Å². The maximum absolute atomic E-state index is 12.0. The molecule has 2 rings (SSSR count). The summed E-state index contributed by atoms with van der Waals surface area (Å²) in [5.74, 6) is -0.985. The molecule has 1 aliphatic rings. The molecule has 1 amide bonds. The van der Waals surface area contributed by atoms with Crippen molar-refractivity contribution in [3.63, 3.8) is 0 Å². The molecule has 0 unspecified atom stereocenters. The van der Waals surface area contributed by atoms with E-state index in [9.17, 15) is 14.7 Å². The lowest BCUT2D eigenvalue weighted by molar-refractivity contribution is 0.0204. The summed E-state index contributed by atoms with van der Waals surface area (Å²) in [6.45, 7) is 6.60. The summed E-state index contributed by atoms with van der Waals surface area (Å²) >= 11 is 0. The summed E-state index contributed by atoms with van der Waals surface area (Å²) in [7, 11) is 0. The molecule has 0 bridgehead atoms. The van der Waals surface area contributed by atoms with E-state index in [1.165, 1.54) is 6.07 Å². The number of aromatic carboxylic acids is 1. The average Bonchev–Trinajstić information content (AvgIpc) is 2.45. The van der Waals surface area contributed by atoms with E-state index in [1.807, 2.05) is 20.8 Å². The van der Waals surface area contributed by atoms with Crippen LogP contribution in [0, 0.1) is 0 Å². The van der Waals surface area contributed by atoms with Crippen molar-refractivity contribution in [3.8, 4) is 5.75 Å². The molecule has 0 atom stereocenters. The average molecular weight is 321 g/mol. The molecule has 1 saturated heterocycles. The lowest BCUT2D eigenvalue weighted by Gasteiger charge is -2.33. The number of hydrogen-bond acceptors (Lipinski definition) is 4. The highest BCUT2D eigenvalue weighted by Crippen LogP contribution is 2.31. The van der Waals surface area contributed by atoms with Crippen molar-refractivity contribution in [2.45, 2.75) is 45.1 Å². The number of carboxylic acid groups (broad SMARTS) is 1. The molecule has 6 heteroatoms. The largest absolute Gasteiger partial charge is 0.508 e. The lowest BCUT2D eigenvalue weighted by Crippen LogP contribution is -2.41. The third kappa shape index (κ3) is 4.61. The molecule has 1 aromatic rings. The van der Waals surface area contributed by atoms with Crippen molar-refractivity contribution in [2.24, 2.45) is 0 Å². The lowest BCUT2D eigenvalue weighted by atomic mass is 9.88. The molecule has 0 spiro atoms. The number of piperidine rings is 1. The Morgan fingerprint density at radius 1 is 1.17 bits per heavy atom. The molecule has 0 saturated carbocycles. The number of likely N-dealkylation sites (tertiary alicyclic amines) is 1. The molecular formula is C17H23NO5. The van der Waals surface area contributed by atoms with Gasteiger partial charge in [0.1, 0.15) is 11.4 Å². The Balaban J connectivity index is 2.02. The zero-order valence-electron chi connectivity index (χ0n) is 13.7. The normalized spacial score (nSPS) is 16.2. The molecule has 1 aliphatic heterocycles. The summed E-state index contributed by atoms with van der Waals surface area (Å²) < 4.78 is 5.36. The zero-order valence-corrected chi connectivity index (χ0v) is 13.7. The maximum Gasteiger partial charge on any atom is 0.410 e. The van der Waals surface area contributed by atoms with Crippen molar-refractivity contribution in [2.75, 3.05) is 13.1 Å². The highest BCUT2D eigenvalue weighted by atomic mass is 16.6. The predicted molar refractivity (Wildman–Crippen MR) is 84.8 cm³/mol. The van der Waals surface area contributed by atoms with Crippen LogP contribution in [0.3, 0.4) is 0 Å². The van der Waals surface area contributed by atoms with E-state index in [4.69, 9.17) is 9.84 Å². The predicted octanol–water partition coefficient (Wildman–Crippen LogP) is 3.20. The highest BCUT2D eigenvalue weighted by molar-refractivity contribution is 5.88. The van der Waals surface area contributed by atoms with Gasteiger partial charge in [0.2, 0.25) is 0 Å². The number of nitrogens with zero attached hydrogens (tertiary/aromatic N) is 1. The Hall–Kier alpha value is -2.24. The molecule has 0 aromatic heterocycles. The summed E-state index contributed by atoms with van der Waals surface area (Å²) in [5, 5.41) is 18.8. The second kappa shape index (κ2) is 6.48. The van der Waals surface area contributed by atoms with Gasteiger partial charge in [-0.3, -0.25) is 0 Å². The van der Waals surface area contributed by atoms with Crippen molar-refractivity contribution in [1.82, 2.24) is 4.90 Å². The molecular weight excluding hydrogens is 298 g/mol. The summed E-state index contributed by atoms with van der Waals surface area (Å²) in [4.78, 5) is 24.8. The standard InChI is InChI=1S/C17H23NO5/c1-17(2,3)23-16(22)18-6-4-11(5-7-18)12-8-13(15(20)21)10-14(19)9-12/h8-11,19H,4-7H2,1-3H3,(H,20,21). The van der Waals surface area contributed by atoms with Gasteiger partial charge < -0.3 is 19.8 Å². The van der Waals surface area contributed by atoms with E-state index in [2.05, 4.69) is 0 Å². The fraction of sp³-hybridized carbons (Fsp3) is 0.529. The number of carbonyl (C=O) groups is 2. The van der Waals surface area contributed by atoms with Crippen LogP contribution in [0.1, 0.15) is 55.5 Å². The van der Waals surface area contributed by atoms with E-state index in [-0.39, 0.29) is 23.3 Å². The van der Waals surface area contributed by atoms with Crippen LogP contribution in [-0.2, 0) is 4.74 Å². The Labute approximate surface area is 135 Å². The van der Waals surface area contributed by atoms with Gasteiger partial charge in [0.15, 0.2) is 0 Å². The summed E-state index contributed by atoms with van der Waals surface area (Å²) in [5.41, 5.74) is 0.357. The number of carboxylic acids is 1. The zero-order chi connectivity index (χ0) is 17.2. The first kappa shape index (κ1) is 17.1. The number of aromatic hydroxyl groups is 1. The van der Waals surface area contributed by atoms with Gasteiger partial charge in [0.25, 0.3) is 0 Å². The summed E-state index contributed by atoms with van der Waals surface area (Å²) in [6.07, 6.45) is 1.10. The van der Waals surface area contributed by atoms with Crippen LogP contribution in [0.2, 0.25) is 0 Å².